The number of aromatic amines is 1. The lowest BCUT2D eigenvalue weighted by Gasteiger charge is -2.02. The van der Waals surface area contributed by atoms with E-state index in [4.69, 9.17) is 0 Å². The van der Waals surface area contributed by atoms with Crippen LogP contribution in [0.25, 0.3) is 22.0 Å². The van der Waals surface area contributed by atoms with E-state index in [0.717, 1.165) is 0 Å². The normalized spacial score (nSPS) is 9.94. The zero-order valence-corrected chi connectivity index (χ0v) is 11.2. The summed E-state index contributed by atoms with van der Waals surface area (Å²) in [6.45, 7) is 6.09. The zero-order valence-electron chi connectivity index (χ0n) is 11.2. The van der Waals surface area contributed by atoms with Gasteiger partial charge in [0.1, 0.15) is 0 Å². The van der Waals surface area contributed by atoms with Crippen LogP contribution in [0.5, 0.6) is 0 Å². The largest absolute Gasteiger partial charge is 0.358 e. The highest BCUT2D eigenvalue weighted by molar-refractivity contribution is 5.94. The number of benzene rings is 2. The first kappa shape index (κ1) is 12.4. The molecule has 0 saturated heterocycles. The number of hydrogen-bond donors (Lipinski definition) is 1. The van der Waals surface area contributed by atoms with Gasteiger partial charge in [0.05, 0.1) is 5.52 Å². The Morgan fingerprint density at radius 2 is 1.56 bits per heavy atom. The monoisotopic (exact) mass is 237 g/mol. The number of fused-ring (bicyclic) bond motifs is 1. The molecule has 0 spiro atoms. The second kappa shape index (κ2) is 5.54. The summed E-state index contributed by atoms with van der Waals surface area (Å²) in [7, 11) is 0. The molecule has 1 N–H and O–H groups in total. The van der Waals surface area contributed by atoms with E-state index in [1.54, 1.807) is 0 Å². The SMILES string of the molecule is CC.Cc1cc2cccc(-c3ccccc3)c2[nH]1. The minimum atomic E-state index is 1.21. The number of para-hydroxylation sites is 1. The summed E-state index contributed by atoms with van der Waals surface area (Å²) < 4.78 is 0. The van der Waals surface area contributed by atoms with E-state index in [1.165, 1.54) is 27.7 Å². The second-order valence-electron chi connectivity index (χ2n) is 4.09. The van der Waals surface area contributed by atoms with Crippen LogP contribution in [0.1, 0.15) is 19.5 Å². The van der Waals surface area contributed by atoms with Crippen LogP contribution in [0.3, 0.4) is 0 Å². The minimum absolute atomic E-state index is 1.21. The average Bonchev–Trinajstić information content (AvgIpc) is 2.82. The molecule has 0 saturated carbocycles. The van der Waals surface area contributed by atoms with Crippen molar-refractivity contribution in [1.29, 1.82) is 0 Å². The summed E-state index contributed by atoms with van der Waals surface area (Å²) >= 11 is 0. The van der Waals surface area contributed by atoms with Gasteiger partial charge in [-0.2, -0.15) is 0 Å². The van der Waals surface area contributed by atoms with Crippen LogP contribution in [0.4, 0.5) is 0 Å². The number of aromatic nitrogens is 1. The van der Waals surface area contributed by atoms with Gasteiger partial charge in [0.2, 0.25) is 0 Å². The molecule has 0 unspecified atom stereocenters. The van der Waals surface area contributed by atoms with Crippen LogP contribution in [0, 0.1) is 6.92 Å². The van der Waals surface area contributed by atoms with Crippen molar-refractivity contribution in [3.63, 3.8) is 0 Å². The van der Waals surface area contributed by atoms with Gasteiger partial charge in [-0.1, -0.05) is 62.4 Å². The lowest BCUT2D eigenvalue weighted by Crippen LogP contribution is -1.79. The molecule has 0 amide bonds. The van der Waals surface area contributed by atoms with E-state index in [2.05, 4.69) is 60.4 Å². The maximum Gasteiger partial charge on any atom is 0.0535 e. The van der Waals surface area contributed by atoms with Crippen molar-refractivity contribution in [1.82, 2.24) is 4.98 Å². The summed E-state index contributed by atoms with van der Waals surface area (Å²) in [6, 6.07) is 19.1. The maximum absolute atomic E-state index is 3.43. The van der Waals surface area contributed by atoms with Gasteiger partial charge >= 0.3 is 0 Å². The third-order valence-electron chi connectivity index (χ3n) is 2.88. The van der Waals surface area contributed by atoms with Gasteiger partial charge in [0.25, 0.3) is 0 Å². The molecule has 1 nitrogen and oxygen atoms in total. The van der Waals surface area contributed by atoms with E-state index in [0.29, 0.717) is 0 Å². The third-order valence-corrected chi connectivity index (χ3v) is 2.88. The van der Waals surface area contributed by atoms with E-state index in [1.807, 2.05) is 19.9 Å². The van der Waals surface area contributed by atoms with Gasteiger partial charge < -0.3 is 4.98 Å². The highest BCUT2D eigenvalue weighted by atomic mass is 14.7. The number of aryl methyl sites for hydroxylation is 1. The van der Waals surface area contributed by atoms with Crippen LogP contribution in [-0.4, -0.2) is 4.98 Å². The third kappa shape index (κ3) is 2.30. The molecule has 0 fully saturated rings. The molecule has 1 heterocycles. The quantitative estimate of drug-likeness (QED) is 0.601. The maximum atomic E-state index is 3.43. The van der Waals surface area contributed by atoms with E-state index in [-0.39, 0.29) is 0 Å². The molecule has 0 radical (unpaired) electrons. The van der Waals surface area contributed by atoms with Crippen molar-refractivity contribution in [2.45, 2.75) is 20.8 Å². The summed E-state index contributed by atoms with van der Waals surface area (Å²) in [4.78, 5) is 3.43. The van der Waals surface area contributed by atoms with Crippen molar-refractivity contribution in [3.8, 4) is 11.1 Å². The Bertz CT molecular complexity index is 620. The number of hydrogen-bond acceptors (Lipinski definition) is 0. The Labute approximate surface area is 108 Å². The summed E-state index contributed by atoms with van der Waals surface area (Å²) in [5, 5.41) is 1.28. The van der Waals surface area contributed by atoms with Crippen molar-refractivity contribution >= 4 is 10.9 Å². The Balaban J connectivity index is 0.000000574. The fourth-order valence-electron chi connectivity index (χ4n) is 2.15. The lowest BCUT2D eigenvalue weighted by atomic mass is 10.0. The van der Waals surface area contributed by atoms with Crippen molar-refractivity contribution in [2.24, 2.45) is 0 Å². The zero-order chi connectivity index (χ0) is 13.0. The molecule has 0 aliphatic carbocycles. The molecule has 0 aliphatic heterocycles. The fourth-order valence-corrected chi connectivity index (χ4v) is 2.15. The van der Waals surface area contributed by atoms with Gasteiger partial charge in [-0.25, -0.2) is 0 Å². The van der Waals surface area contributed by atoms with Crippen molar-refractivity contribution < 1.29 is 0 Å². The van der Waals surface area contributed by atoms with Crippen LogP contribution in [-0.2, 0) is 0 Å². The molecule has 1 aromatic heterocycles. The standard InChI is InChI=1S/C15H13N.C2H6/c1-11-10-13-8-5-9-14(15(13)16-11)12-6-3-2-4-7-12;1-2/h2-10,16H,1H3;1-2H3. The average molecular weight is 237 g/mol. The van der Waals surface area contributed by atoms with Crippen molar-refractivity contribution in [2.75, 3.05) is 0 Å². The first-order chi connectivity index (χ1) is 8.84. The topological polar surface area (TPSA) is 15.8 Å². The van der Waals surface area contributed by atoms with Gasteiger partial charge in [-0.05, 0) is 18.6 Å². The fraction of sp³-hybridized carbons (Fsp3) is 0.176. The Morgan fingerprint density at radius 3 is 2.28 bits per heavy atom. The Hall–Kier alpha value is -2.02. The molecule has 0 atom stereocenters. The lowest BCUT2D eigenvalue weighted by molar-refractivity contribution is 1.30. The van der Waals surface area contributed by atoms with E-state index in [9.17, 15) is 0 Å². The predicted molar refractivity (Wildman–Crippen MR) is 79.8 cm³/mol. The summed E-state index contributed by atoms with van der Waals surface area (Å²) in [5.41, 5.74) is 4.96. The molecule has 3 rings (SSSR count). The van der Waals surface area contributed by atoms with Crippen molar-refractivity contribution in [3.05, 3.63) is 60.3 Å². The molecule has 1 heteroatoms. The van der Waals surface area contributed by atoms with E-state index < -0.39 is 0 Å². The van der Waals surface area contributed by atoms with Crippen LogP contribution in [0.15, 0.2) is 54.6 Å². The molecule has 18 heavy (non-hydrogen) atoms. The molecule has 2 aromatic carbocycles. The molecule has 3 aromatic rings. The highest BCUT2D eigenvalue weighted by Gasteiger charge is 2.04. The molecular weight excluding hydrogens is 218 g/mol. The first-order valence-electron chi connectivity index (χ1n) is 6.48. The Kier molecular flexibility index (Phi) is 3.83. The number of H-pyrrole nitrogens is 1. The van der Waals surface area contributed by atoms with Gasteiger partial charge in [-0.3, -0.25) is 0 Å². The molecular formula is C17H19N. The molecule has 0 bridgehead atoms. The second-order valence-corrected chi connectivity index (χ2v) is 4.09. The molecule has 92 valence electrons. The molecule has 0 aliphatic rings. The summed E-state index contributed by atoms with van der Waals surface area (Å²) in [6.07, 6.45) is 0. The van der Waals surface area contributed by atoms with Crippen LogP contribution in [0.2, 0.25) is 0 Å². The summed E-state index contributed by atoms with van der Waals surface area (Å²) in [5.74, 6) is 0. The van der Waals surface area contributed by atoms with Crippen LogP contribution < -0.4 is 0 Å². The first-order valence-corrected chi connectivity index (χ1v) is 6.48. The predicted octanol–water partition coefficient (Wildman–Crippen LogP) is 5.17. The number of rotatable bonds is 1. The van der Waals surface area contributed by atoms with Gasteiger partial charge in [0.15, 0.2) is 0 Å². The van der Waals surface area contributed by atoms with Gasteiger partial charge in [-0.15, -0.1) is 0 Å². The van der Waals surface area contributed by atoms with Crippen LogP contribution >= 0.6 is 0 Å². The Morgan fingerprint density at radius 1 is 0.833 bits per heavy atom. The highest BCUT2D eigenvalue weighted by Crippen LogP contribution is 2.28. The smallest absolute Gasteiger partial charge is 0.0535 e. The van der Waals surface area contributed by atoms with E-state index >= 15 is 0 Å². The number of nitrogens with one attached hydrogen (secondary N) is 1. The van der Waals surface area contributed by atoms with Gasteiger partial charge in [0, 0.05) is 16.6 Å². The minimum Gasteiger partial charge on any atom is -0.358 e.